The van der Waals surface area contributed by atoms with E-state index in [-0.39, 0.29) is 11.6 Å². The molecule has 1 saturated heterocycles. The van der Waals surface area contributed by atoms with Crippen LogP contribution < -0.4 is 5.32 Å². The van der Waals surface area contributed by atoms with Crippen LogP contribution in [-0.2, 0) is 4.79 Å². The number of aliphatic imine (C=N–C) groups is 2. The average molecular weight is 485 g/mol. The van der Waals surface area contributed by atoms with Crippen molar-refractivity contribution in [3.63, 3.8) is 0 Å². The largest absolute Gasteiger partial charge is 0.325 e. The van der Waals surface area contributed by atoms with Gasteiger partial charge in [-0.05, 0) is 38.2 Å². The summed E-state index contributed by atoms with van der Waals surface area (Å²) >= 11 is 4.97. The summed E-state index contributed by atoms with van der Waals surface area (Å²) in [5, 5.41) is 3.83. The summed E-state index contributed by atoms with van der Waals surface area (Å²) < 4.78 is 1.03. The molecule has 2 aliphatic heterocycles. The van der Waals surface area contributed by atoms with Crippen LogP contribution in [0.25, 0.3) is 0 Å². The molecule has 2 aromatic carbocycles. The van der Waals surface area contributed by atoms with Crippen molar-refractivity contribution in [3.05, 3.63) is 64.1 Å². The summed E-state index contributed by atoms with van der Waals surface area (Å²) in [4.78, 5) is 25.0. The van der Waals surface area contributed by atoms with E-state index in [2.05, 4.69) is 45.3 Å². The lowest BCUT2D eigenvalue weighted by molar-refractivity contribution is -0.113. The maximum atomic E-state index is 12.5. The molecule has 30 heavy (non-hydrogen) atoms. The van der Waals surface area contributed by atoms with Crippen molar-refractivity contribution in [2.75, 3.05) is 31.2 Å². The molecule has 0 unspecified atom stereocenters. The van der Waals surface area contributed by atoms with Gasteiger partial charge in [-0.3, -0.25) is 9.79 Å². The molecule has 4 rings (SSSR count). The predicted octanol–water partition coefficient (Wildman–Crippen LogP) is 4.75. The third-order valence-electron chi connectivity index (χ3n) is 5.41. The van der Waals surface area contributed by atoms with Crippen LogP contribution >= 0.6 is 27.7 Å². The number of aryl methyl sites for hydroxylation is 1. The normalized spacial score (nSPS) is 18.2. The molecule has 5 nitrogen and oxygen atoms in total. The molecule has 1 spiro atoms. The number of hydrogen-bond donors (Lipinski definition) is 1. The molecule has 1 fully saturated rings. The smallest absolute Gasteiger partial charge is 0.234 e. The van der Waals surface area contributed by atoms with Crippen LogP contribution in [0.3, 0.4) is 0 Å². The SMILES string of the molecule is Cc1ccc(NC(=O)CSC2=NC3(CCN(C)CC3)N=C2c2ccc(Br)cc2)cc1. The van der Waals surface area contributed by atoms with Crippen LogP contribution in [-0.4, -0.2) is 53.1 Å². The number of halogens is 1. The zero-order chi connectivity index (χ0) is 21.1. The maximum absolute atomic E-state index is 12.5. The highest BCUT2D eigenvalue weighted by atomic mass is 79.9. The highest BCUT2D eigenvalue weighted by Gasteiger charge is 2.39. The minimum atomic E-state index is -0.384. The van der Waals surface area contributed by atoms with Gasteiger partial charge < -0.3 is 10.2 Å². The number of piperidine rings is 1. The highest BCUT2D eigenvalue weighted by Crippen LogP contribution is 2.35. The molecule has 156 valence electrons. The van der Waals surface area contributed by atoms with E-state index in [0.717, 1.165) is 52.4 Å². The molecule has 0 atom stereocenters. The van der Waals surface area contributed by atoms with Crippen molar-refractivity contribution in [1.82, 2.24) is 4.90 Å². The van der Waals surface area contributed by atoms with E-state index in [1.54, 1.807) is 0 Å². The number of anilines is 1. The first-order valence-corrected chi connectivity index (χ1v) is 11.8. The van der Waals surface area contributed by atoms with Gasteiger partial charge in [0.25, 0.3) is 0 Å². The van der Waals surface area contributed by atoms with Gasteiger partial charge in [0, 0.05) is 41.7 Å². The molecule has 0 bridgehead atoms. The molecule has 0 aromatic heterocycles. The van der Waals surface area contributed by atoms with Crippen LogP contribution in [0.15, 0.2) is 63.0 Å². The van der Waals surface area contributed by atoms with Gasteiger partial charge in [0.2, 0.25) is 5.91 Å². The second-order valence-electron chi connectivity index (χ2n) is 7.87. The fourth-order valence-electron chi connectivity index (χ4n) is 3.59. The average Bonchev–Trinajstić information content (AvgIpc) is 3.09. The molecule has 0 radical (unpaired) electrons. The number of nitrogens with one attached hydrogen (secondary N) is 1. The van der Waals surface area contributed by atoms with E-state index in [0.29, 0.717) is 5.75 Å². The lowest BCUT2D eigenvalue weighted by atomic mass is 9.99. The van der Waals surface area contributed by atoms with Crippen molar-refractivity contribution in [2.45, 2.75) is 25.4 Å². The number of hydrogen-bond acceptors (Lipinski definition) is 5. The molecule has 0 aliphatic carbocycles. The number of rotatable bonds is 4. The van der Waals surface area contributed by atoms with E-state index < -0.39 is 0 Å². The summed E-state index contributed by atoms with van der Waals surface area (Å²) in [6.45, 7) is 3.99. The van der Waals surface area contributed by atoms with Crippen LogP contribution in [0, 0.1) is 6.92 Å². The minimum absolute atomic E-state index is 0.0361. The molecule has 1 N–H and O–H groups in total. The van der Waals surface area contributed by atoms with Gasteiger partial charge in [-0.2, -0.15) is 0 Å². The molecular weight excluding hydrogens is 460 g/mol. The summed E-state index contributed by atoms with van der Waals surface area (Å²) in [7, 11) is 2.13. The standard InChI is InChI=1S/C23H25BrN4OS/c1-16-3-9-19(10-4-16)25-20(29)15-30-22-21(17-5-7-18(24)8-6-17)26-23(27-22)11-13-28(2)14-12-23/h3-10H,11-15H2,1-2H3,(H,25,29). The summed E-state index contributed by atoms with van der Waals surface area (Å²) in [6, 6.07) is 16.0. The van der Waals surface area contributed by atoms with E-state index in [4.69, 9.17) is 9.98 Å². The topological polar surface area (TPSA) is 57.1 Å². The van der Waals surface area contributed by atoms with Crippen molar-refractivity contribution in [3.8, 4) is 0 Å². The Morgan fingerprint density at radius 1 is 1.10 bits per heavy atom. The van der Waals surface area contributed by atoms with Gasteiger partial charge in [-0.25, -0.2) is 4.99 Å². The Morgan fingerprint density at radius 2 is 1.77 bits per heavy atom. The first-order valence-electron chi connectivity index (χ1n) is 10.1. The maximum Gasteiger partial charge on any atom is 0.234 e. The fourth-order valence-corrected chi connectivity index (χ4v) is 4.73. The number of benzene rings is 2. The van der Waals surface area contributed by atoms with E-state index >= 15 is 0 Å². The van der Waals surface area contributed by atoms with Crippen LogP contribution in [0.1, 0.15) is 24.0 Å². The fraction of sp³-hybridized carbons (Fsp3) is 0.348. The van der Waals surface area contributed by atoms with Crippen molar-refractivity contribution in [1.29, 1.82) is 0 Å². The second-order valence-corrected chi connectivity index (χ2v) is 9.75. The number of amides is 1. The molecule has 2 heterocycles. The predicted molar refractivity (Wildman–Crippen MR) is 130 cm³/mol. The van der Waals surface area contributed by atoms with Gasteiger partial charge in [0.1, 0.15) is 5.04 Å². The zero-order valence-electron chi connectivity index (χ0n) is 17.2. The minimum Gasteiger partial charge on any atom is -0.325 e. The van der Waals surface area contributed by atoms with Crippen LogP contribution in [0.5, 0.6) is 0 Å². The van der Waals surface area contributed by atoms with Gasteiger partial charge in [0.05, 0.1) is 11.5 Å². The zero-order valence-corrected chi connectivity index (χ0v) is 19.6. The Balaban J connectivity index is 1.50. The Hall–Kier alpha value is -1.96. The van der Waals surface area contributed by atoms with Gasteiger partial charge in [0.15, 0.2) is 5.66 Å². The molecule has 2 aromatic rings. The summed E-state index contributed by atoms with van der Waals surface area (Å²) in [6.07, 6.45) is 1.81. The van der Waals surface area contributed by atoms with E-state index in [1.165, 1.54) is 17.3 Å². The van der Waals surface area contributed by atoms with Crippen molar-refractivity contribution >= 4 is 50.0 Å². The lowest BCUT2D eigenvalue weighted by Gasteiger charge is -2.33. The van der Waals surface area contributed by atoms with Crippen LogP contribution in [0.4, 0.5) is 5.69 Å². The Labute approximate surface area is 190 Å². The molecule has 2 aliphatic rings. The quantitative estimate of drug-likeness (QED) is 0.680. The van der Waals surface area contributed by atoms with Crippen molar-refractivity contribution < 1.29 is 4.79 Å². The third kappa shape index (κ3) is 5.02. The van der Waals surface area contributed by atoms with E-state index in [1.807, 2.05) is 43.3 Å². The van der Waals surface area contributed by atoms with Crippen LogP contribution in [0.2, 0.25) is 0 Å². The number of thioether (sulfide) groups is 1. The molecular formula is C23H25BrN4OS. The monoisotopic (exact) mass is 484 g/mol. The number of carbonyl (C=O) groups is 1. The summed E-state index contributed by atoms with van der Waals surface area (Å²) in [5.74, 6) is 0.268. The molecule has 7 heteroatoms. The molecule has 1 amide bonds. The van der Waals surface area contributed by atoms with Gasteiger partial charge >= 0.3 is 0 Å². The van der Waals surface area contributed by atoms with Gasteiger partial charge in [-0.1, -0.05) is 57.5 Å². The third-order valence-corrected chi connectivity index (χ3v) is 6.91. The van der Waals surface area contributed by atoms with Gasteiger partial charge in [-0.15, -0.1) is 0 Å². The lowest BCUT2D eigenvalue weighted by Crippen LogP contribution is -2.39. The van der Waals surface area contributed by atoms with Crippen molar-refractivity contribution in [2.24, 2.45) is 9.98 Å². The Morgan fingerprint density at radius 3 is 2.43 bits per heavy atom. The number of nitrogens with zero attached hydrogens (tertiary/aromatic N) is 3. The summed E-state index contributed by atoms with van der Waals surface area (Å²) in [5.41, 5.74) is 3.54. The molecule has 0 saturated carbocycles. The van der Waals surface area contributed by atoms with E-state index in [9.17, 15) is 4.79 Å². The number of carbonyl (C=O) groups excluding carboxylic acids is 1. The Kier molecular flexibility index (Phi) is 6.41. The first-order chi connectivity index (χ1) is 14.4. The number of likely N-dealkylation sites (tertiary alicyclic amines) is 1. The highest BCUT2D eigenvalue weighted by molar-refractivity contribution is 9.10. The second kappa shape index (κ2) is 9.04. The first kappa shape index (κ1) is 21.3. The Bertz CT molecular complexity index is 977.